The minimum Gasteiger partial charge on any atom is -0.493 e. The van der Waals surface area contributed by atoms with Crippen LogP contribution in [0.25, 0.3) is 0 Å². The Morgan fingerprint density at radius 1 is 1.03 bits per heavy atom. The van der Waals surface area contributed by atoms with E-state index in [0.29, 0.717) is 12.4 Å². The van der Waals surface area contributed by atoms with E-state index in [9.17, 15) is 17.6 Å². The van der Waals surface area contributed by atoms with Crippen molar-refractivity contribution < 1.29 is 27.1 Å². The number of benzene rings is 1. The molecule has 1 aromatic rings. The van der Waals surface area contributed by atoms with Crippen molar-refractivity contribution in [2.75, 3.05) is 31.8 Å². The Labute approximate surface area is 209 Å². The Balaban J connectivity index is 0.000000786. The smallest absolute Gasteiger partial charge is 0.180 e. The highest BCUT2D eigenvalue weighted by molar-refractivity contribution is 7.92. The van der Waals surface area contributed by atoms with E-state index in [0.717, 1.165) is 36.2 Å². The summed E-state index contributed by atoms with van der Waals surface area (Å²) >= 11 is 0. The van der Waals surface area contributed by atoms with E-state index < -0.39 is 27.2 Å². The molecule has 6 fully saturated rings. The Kier molecular flexibility index (Phi) is 7.28. The van der Waals surface area contributed by atoms with Crippen molar-refractivity contribution in [2.24, 2.45) is 23.2 Å². The quantitative estimate of drug-likeness (QED) is 0.380. The molecular weight excluding hydrogens is 467 g/mol. The summed E-state index contributed by atoms with van der Waals surface area (Å²) in [7, 11) is -2.24. The third-order valence-corrected chi connectivity index (χ3v) is 9.91. The first kappa shape index (κ1) is 25.2. The minimum absolute atomic E-state index is 0.0164. The van der Waals surface area contributed by atoms with Gasteiger partial charge in [-0.05, 0) is 86.7 Å². The highest BCUT2D eigenvalue weighted by Crippen LogP contribution is 2.60. The van der Waals surface area contributed by atoms with Gasteiger partial charge in [-0.1, -0.05) is 19.3 Å². The molecular formula is C28H39FO5S. The number of ether oxygens (including phenoxy) is 2. The molecule has 5 nitrogen and oxygen atoms in total. The molecule has 0 aromatic heterocycles. The van der Waals surface area contributed by atoms with Crippen molar-refractivity contribution in [3.63, 3.8) is 0 Å². The molecule has 0 unspecified atom stereocenters. The molecule has 7 rings (SSSR count). The molecule has 6 aliphatic carbocycles. The van der Waals surface area contributed by atoms with Crippen LogP contribution in [0.4, 0.5) is 4.39 Å². The van der Waals surface area contributed by atoms with Crippen LogP contribution in [0, 0.1) is 29.0 Å². The molecule has 0 amide bonds. The van der Waals surface area contributed by atoms with E-state index in [4.69, 9.17) is 9.47 Å². The van der Waals surface area contributed by atoms with Crippen molar-refractivity contribution in [3.05, 3.63) is 29.1 Å². The lowest BCUT2D eigenvalue weighted by molar-refractivity contribution is -0.0747. The van der Waals surface area contributed by atoms with Crippen LogP contribution >= 0.6 is 0 Å². The number of Topliss-reactive ketones (excluding diaryl/α,β-unsaturated/α-hetero) is 1. The summed E-state index contributed by atoms with van der Waals surface area (Å²) in [6.45, 7) is 0.636. The average molecular weight is 507 g/mol. The first-order valence-corrected chi connectivity index (χ1v) is 15.3. The topological polar surface area (TPSA) is 69.7 Å². The highest BCUT2D eigenvalue weighted by atomic mass is 32.2. The van der Waals surface area contributed by atoms with Gasteiger partial charge in [0, 0.05) is 18.6 Å². The summed E-state index contributed by atoms with van der Waals surface area (Å²) < 4.78 is 50.3. The molecule has 0 spiro atoms. The maximum absolute atomic E-state index is 15.0. The molecule has 0 aliphatic heterocycles. The summed E-state index contributed by atoms with van der Waals surface area (Å²) in [6, 6.07) is 2.87. The second kappa shape index (κ2) is 10.1. The average Bonchev–Trinajstić information content (AvgIpc) is 3.68. The molecule has 1 aromatic carbocycles. The molecule has 4 bridgehead atoms. The molecule has 0 saturated heterocycles. The number of carbonyl (C=O) groups is 1. The molecule has 6 saturated carbocycles. The van der Waals surface area contributed by atoms with Crippen LogP contribution in [0.1, 0.15) is 92.5 Å². The number of hydrogen-bond acceptors (Lipinski definition) is 5. The lowest BCUT2D eigenvalue weighted by Crippen LogP contribution is -2.48. The molecule has 35 heavy (non-hydrogen) atoms. The minimum atomic E-state index is -3.64. The number of carbonyl (C=O) groups excluding carboxylic acids is 1. The summed E-state index contributed by atoms with van der Waals surface area (Å²) in [5.74, 6) is 0.926. The van der Waals surface area contributed by atoms with Gasteiger partial charge in [0.1, 0.15) is 17.3 Å². The largest absolute Gasteiger partial charge is 0.493 e. The maximum atomic E-state index is 15.0. The van der Waals surface area contributed by atoms with Crippen LogP contribution in [-0.4, -0.2) is 46.0 Å². The van der Waals surface area contributed by atoms with Crippen LogP contribution < -0.4 is 4.74 Å². The predicted molar refractivity (Wildman–Crippen MR) is 133 cm³/mol. The first-order valence-electron chi connectivity index (χ1n) is 13.4. The number of methoxy groups -OCH3 is 1. The fraction of sp³-hybridized carbons (Fsp3) is 0.750. The highest BCUT2D eigenvalue weighted by Gasteiger charge is 2.51. The van der Waals surface area contributed by atoms with Gasteiger partial charge in [-0.15, -0.1) is 0 Å². The number of rotatable bonds is 10. The van der Waals surface area contributed by atoms with Gasteiger partial charge in [0.05, 0.1) is 24.5 Å². The standard InChI is InChI=1S/C25H33FO5S.C3H6/c1-30-4-5-32(28,29)14-23(27)21-9-20(19-2-3-19)24(10-22(21)26)31-15-25-11-16-6-17(12-25)8-18(7-16)13-25;1-2-3-1/h9-10,16-19H,2-8,11-15H2,1H3;1-3H2. The summed E-state index contributed by atoms with van der Waals surface area (Å²) in [4.78, 5) is 12.6. The van der Waals surface area contributed by atoms with Gasteiger partial charge in [-0.25, -0.2) is 12.8 Å². The second-order valence-electron chi connectivity index (χ2n) is 11.9. The van der Waals surface area contributed by atoms with E-state index in [-0.39, 0.29) is 29.3 Å². The van der Waals surface area contributed by atoms with Crippen molar-refractivity contribution in [1.82, 2.24) is 0 Å². The number of hydrogen-bond donors (Lipinski definition) is 0. The van der Waals surface area contributed by atoms with E-state index in [2.05, 4.69) is 0 Å². The van der Waals surface area contributed by atoms with Crippen molar-refractivity contribution >= 4 is 15.6 Å². The molecule has 194 valence electrons. The SMILES string of the molecule is C1CC1.COCCS(=O)(=O)CC(=O)c1cc(C2CC2)c(OCC23CC4CC(CC(C4)C2)C3)cc1F. The summed E-state index contributed by atoms with van der Waals surface area (Å²) in [6.07, 6.45) is 14.2. The Bertz CT molecular complexity index is 1010. The summed E-state index contributed by atoms with van der Waals surface area (Å²) in [5.41, 5.74) is 0.930. The lowest BCUT2D eigenvalue weighted by atomic mass is 9.50. The third-order valence-electron chi connectivity index (χ3n) is 8.42. The zero-order valence-electron chi connectivity index (χ0n) is 20.9. The van der Waals surface area contributed by atoms with Crippen LogP contribution in [-0.2, 0) is 14.6 Å². The van der Waals surface area contributed by atoms with Gasteiger partial charge in [-0.2, -0.15) is 0 Å². The Morgan fingerprint density at radius 3 is 2.14 bits per heavy atom. The first-order chi connectivity index (χ1) is 16.8. The van der Waals surface area contributed by atoms with Crippen LogP contribution in [0.2, 0.25) is 0 Å². The Hall–Kier alpha value is -1.47. The normalized spacial score (nSPS) is 30.5. The van der Waals surface area contributed by atoms with Crippen molar-refractivity contribution in [1.29, 1.82) is 0 Å². The van der Waals surface area contributed by atoms with E-state index in [1.54, 1.807) is 6.07 Å². The Morgan fingerprint density at radius 2 is 1.63 bits per heavy atom. The van der Waals surface area contributed by atoms with Crippen molar-refractivity contribution in [2.45, 2.75) is 76.5 Å². The predicted octanol–water partition coefficient (Wildman–Crippen LogP) is 5.71. The number of halogens is 1. The fourth-order valence-electron chi connectivity index (χ4n) is 6.88. The lowest BCUT2D eigenvalue weighted by Gasteiger charge is -2.56. The van der Waals surface area contributed by atoms with Gasteiger partial charge in [0.25, 0.3) is 0 Å². The zero-order valence-corrected chi connectivity index (χ0v) is 21.7. The molecule has 0 N–H and O–H groups in total. The van der Waals surface area contributed by atoms with Crippen LogP contribution in [0.5, 0.6) is 5.75 Å². The van der Waals surface area contributed by atoms with Gasteiger partial charge in [0.15, 0.2) is 15.6 Å². The van der Waals surface area contributed by atoms with E-state index >= 15 is 0 Å². The monoisotopic (exact) mass is 506 g/mol. The van der Waals surface area contributed by atoms with E-state index in [1.807, 2.05) is 0 Å². The molecule has 0 heterocycles. The van der Waals surface area contributed by atoms with Crippen molar-refractivity contribution in [3.8, 4) is 5.75 Å². The van der Waals surface area contributed by atoms with Gasteiger partial charge >= 0.3 is 0 Å². The van der Waals surface area contributed by atoms with Gasteiger partial charge < -0.3 is 9.47 Å². The second-order valence-corrected chi connectivity index (χ2v) is 14.1. The molecule has 6 aliphatic rings. The fourth-order valence-corrected chi connectivity index (χ4v) is 8.00. The molecule has 0 radical (unpaired) electrons. The van der Waals surface area contributed by atoms with Gasteiger partial charge in [-0.3, -0.25) is 4.79 Å². The van der Waals surface area contributed by atoms with E-state index in [1.165, 1.54) is 71.0 Å². The number of ketones is 1. The third kappa shape index (κ3) is 6.27. The molecule has 0 atom stereocenters. The molecule has 7 heteroatoms. The number of sulfone groups is 1. The van der Waals surface area contributed by atoms with Crippen LogP contribution in [0.3, 0.4) is 0 Å². The summed E-state index contributed by atoms with van der Waals surface area (Å²) in [5, 5.41) is 0. The van der Waals surface area contributed by atoms with Gasteiger partial charge in [0.2, 0.25) is 0 Å². The zero-order chi connectivity index (χ0) is 24.6. The maximum Gasteiger partial charge on any atom is 0.180 e. The van der Waals surface area contributed by atoms with Crippen LogP contribution in [0.15, 0.2) is 12.1 Å².